The molecule has 0 unspecified atom stereocenters. The van der Waals surface area contributed by atoms with Gasteiger partial charge in [-0.05, 0) is 42.2 Å². The van der Waals surface area contributed by atoms with Gasteiger partial charge in [0.2, 0.25) is 0 Å². The van der Waals surface area contributed by atoms with Crippen LogP contribution in [0.25, 0.3) is 10.9 Å². The van der Waals surface area contributed by atoms with Crippen molar-refractivity contribution in [2.75, 3.05) is 12.8 Å². The summed E-state index contributed by atoms with van der Waals surface area (Å²) in [5.41, 5.74) is 1.25. The monoisotopic (exact) mass is 476 g/mol. The molecule has 2 aromatic rings. The molecule has 1 aliphatic rings. The first kappa shape index (κ1) is 25.5. The van der Waals surface area contributed by atoms with E-state index in [-0.39, 0.29) is 22.7 Å². The van der Waals surface area contributed by atoms with Crippen molar-refractivity contribution in [3.63, 3.8) is 0 Å². The van der Waals surface area contributed by atoms with E-state index < -0.39 is 0 Å². The molecule has 1 aromatic carbocycles. The van der Waals surface area contributed by atoms with Gasteiger partial charge in [-0.3, -0.25) is 14.2 Å². The number of ketones is 1. The number of hydrogen-bond donors (Lipinski definition) is 0. The van der Waals surface area contributed by atoms with Crippen LogP contribution >= 0.6 is 11.8 Å². The van der Waals surface area contributed by atoms with Gasteiger partial charge in [0.05, 0.1) is 16.7 Å². The van der Waals surface area contributed by atoms with Gasteiger partial charge in [0.1, 0.15) is 11.6 Å². The summed E-state index contributed by atoms with van der Waals surface area (Å²) in [7, 11) is 1.88. The molecule has 0 saturated carbocycles. The van der Waals surface area contributed by atoms with Crippen LogP contribution in [0.5, 0.6) is 0 Å². The molecule has 178 valence electrons. The van der Waals surface area contributed by atoms with E-state index in [1.807, 2.05) is 36.2 Å². The number of benzene rings is 1. The first-order chi connectivity index (χ1) is 16.4. The highest BCUT2D eigenvalue weighted by molar-refractivity contribution is 7.99. The molecule has 3 rings (SSSR count). The van der Waals surface area contributed by atoms with Crippen molar-refractivity contribution in [3.05, 3.63) is 70.3 Å². The summed E-state index contributed by atoms with van der Waals surface area (Å²) >= 11 is 1.22. The molecule has 0 amide bonds. The second-order valence-corrected chi connectivity index (χ2v) is 9.86. The maximum Gasteiger partial charge on any atom is 0.262 e. The average Bonchev–Trinajstić information content (AvgIpc) is 2.82. The van der Waals surface area contributed by atoms with E-state index in [2.05, 4.69) is 13.8 Å². The highest BCUT2D eigenvalue weighted by atomic mass is 32.2. The Bertz CT molecular complexity index is 1200. The number of nitriles is 1. The first-order valence-electron chi connectivity index (χ1n) is 11.8. The Balaban J connectivity index is 1.77. The largest absolute Gasteiger partial charge is 0.357 e. The third-order valence-electron chi connectivity index (χ3n) is 5.73. The van der Waals surface area contributed by atoms with Crippen molar-refractivity contribution in [1.29, 1.82) is 5.26 Å². The van der Waals surface area contributed by atoms with E-state index >= 15 is 0 Å². The average molecular weight is 477 g/mol. The van der Waals surface area contributed by atoms with Crippen molar-refractivity contribution in [2.45, 2.75) is 57.7 Å². The topological polar surface area (TPSA) is 79.0 Å². The minimum absolute atomic E-state index is 0.0447. The van der Waals surface area contributed by atoms with Crippen LogP contribution in [-0.4, -0.2) is 33.0 Å². The lowest BCUT2D eigenvalue weighted by atomic mass is 10.0. The third-order valence-corrected chi connectivity index (χ3v) is 6.71. The Morgan fingerprint density at radius 1 is 1.12 bits per heavy atom. The lowest BCUT2D eigenvalue weighted by molar-refractivity contribution is -0.112. The molecule has 0 saturated heterocycles. The fourth-order valence-corrected chi connectivity index (χ4v) is 4.69. The number of unbranched alkanes of at least 4 members (excludes halogenated alkanes) is 3. The second kappa shape index (κ2) is 12.4. The molecule has 7 heteroatoms. The van der Waals surface area contributed by atoms with Crippen LogP contribution in [0.1, 0.15) is 46.0 Å². The predicted octanol–water partition coefficient (Wildman–Crippen LogP) is 5.46. The van der Waals surface area contributed by atoms with Crippen LogP contribution in [0.4, 0.5) is 0 Å². The Kier molecular flexibility index (Phi) is 9.29. The molecule has 1 aromatic heterocycles. The Morgan fingerprint density at radius 2 is 1.82 bits per heavy atom. The number of aromatic nitrogens is 2. The van der Waals surface area contributed by atoms with Crippen molar-refractivity contribution in [3.8, 4) is 6.07 Å². The zero-order valence-corrected chi connectivity index (χ0v) is 21.0. The van der Waals surface area contributed by atoms with E-state index in [0.29, 0.717) is 34.1 Å². The van der Waals surface area contributed by atoms with Gasteiger partial charge in [0.15, 0.2) is 10.9 Å². The molecule has 2 heterocycles. The second-order valence-electron chi connectivity index (χ2n) is 8.92. The smallest absolute Gasteiger partial charge is 0.262 e. The number of carbonyl (C=O) groups is 1. The molecular formula is C27H32N4O2S. The molecule has 0 aliphatic carbocycles. The normalized spacial score (nSPS) is 13.0. The molecule has 0 atom stereocenters. The predicted molar refractivity (Wildman–Crippen MR) is 138 cm³/mol. The van der Waals surface area contributed by atoms with Crippen LogP contribution < -0.4 is 5.56 Å². The number of allylic oxidation sites excluding steroid dienone is 4. The molecule has 0 radical (unpaired) electrons. The quantitative estimate of drug-likeness (QED) is 0.141. The zero-order valence-electron chi connectivity index (χ0n) is 20.2. The van der Waals surface area contributed by atoms with Crippen LogP contribution in [0.3, 0.4) is 0 Å². The van der Waals surface area contributed by atoms with Gasteiger partial charge in [-0.15, -0.1) is 0 Å². The summed E-state index contributed by atoms with van der Waals surface area (Å²) in [5, 5.41) is 10.7. The number of rotatable bonds is 11. The Hall–Kier alpha value is -3.11. The highest BCUT2D eigenvalue weighted by Gasteiger charge is 2.17. The number of thioether (sulfide) groups is 1. The molecular weight excluding hydrogens is 444 g/mol. The summed E-state index contributed by atoms with van der Waals surface area (Å²) in [5.74, 6) is 0.480. The summed E-state index contributed by atoms with van der Waals surface area (Å²) in [6.45, 7) is 5.04. The first-order valence-corrected chi connectivity index (χ1v) is 12.8. The van der Waals surface area contributed by atoms with Crippen molar-refractivity contribution >= 4 is 28.4 Å². The van der Waals surface area contributed by atoms with Gasteiger partial charge in [0, 0.05) is 26.0 Å². The van der Waals surface area contributed by atoms with Crippen molar-refractivity contribution in [2.24, 2.45) is 5.92 Å². The lowest BCUT2D eigenvalue weighted by Gasteiger charge is -2.14. The SMILES string of the molecule is CC(C)CCCCCCn1c(SCC(=O)C(C#N)=C2C=CN(C)C=C2)nc2ccccc2c1=O. The summed E-state index contributed by atoms with van der Waals surface area (Å²) in [4.78, 5) is 32.6. The van der Waals surface area contributed by atoms with Crippen molar-refractivity contribution < 1.29 is 4.79 Å². The molecule has 0 fully saturated rings. The number of carbonyl (C=O) groups excluding carboxylic acids is 1. The van der Waals surface area contributed by atoms with Crippen LogP contribution in [0.2, 0.25) is 0 Å². The van der Waals surface area contributed by atoms with Gasteiger partial charge in [-0.1, -0.05) is 63.4 Å². The standard InChI is InChI=1S/C27H32N4O2S/c1-20(2)10-6-4-5-9-15-31-26(33)22-11-7-8-12-24(22)29-27(31)34-19-25(32)23(18-28)21-13-16-30(3)17-14-21/h7-8,11-14,16-17,20H,4-6,9-10,15,19H2,1-3H3. The summed E-state index contributed by atoms with van der Waals surface area (Å²) in [6.07, 6.45) is 12.6. The van der Waals surface area contributed by atoms with E-state index in [4.69, 9.17) is 4.98 Å². The van der Waals surface area contributed by atoms with Crippen LogP contribution in [0, 0.1) is 17.2 Å². The molecule has 6 nitrogen and oxygen atoms in total. The fraction of sp³-hybridized carbons (Fsp3) is 0.407. The summed E-state index contributed by atoms with van der Waals surface area (Å²) < 4.78 is 1.69. The molecule has 34 heavy (non-hydrogen) atoms. The Morgan fingerprint density at radius 3 is 2.53 bits per heavy atom. The maximum atomic E-state index is 13.2. The van der Waals surface area contributed by atoms with Gasteiger partial charge < -0.3 is 4.90 Å². The number of para-hydroxylation sites is 1. The van der Waals surface area contributed by atoms with E-state index in [1.165, 1.54) is 24.6 Å². The molecule has 0 N–H and O–H groups in total. The van der Waals surface area contributed by atoms with Crippen molar-refractivity contribution in [1.82, 2.24) is 14.5 Å². The Labute approximate surface area is 205 Å². The molecule has 1 aliphatic heterocycles. The number of Topliss-reactive ketones (excluding diaryl/α,β-unsaturated/α-hetero) is 1. The third kappa shape index (κ3) is 6.71. The minimum Gasteiger partial charge on any atom is -0.357 e. The van der Waals surface area contributed by atoms with Gasteiger partial charge in [-0.2, -0.15) is 5.26 Å². The minimum atomic E-state index is -0.274. The molecule has 0 bridgehead atoms. The highest BCUT2D eigenvalue weighted by Crippen LogP contribution is 2.22. The fourth-order valence-electron chi connectivity index (χ4n) is 3.79. The number of fused-ring (bicyclic) bond motifs is 1. The van der Waals surface area contributed by atoms with E-state index in [1.54, 1.807) is 35.2 Å². The number of hydrogen-bond acceptors (Lipinski definition) is 6. The van der Waals surface area contributed by atoms with Crippen LogP contribution in [-0.2, 0) is 11.3 Å². The van der Waals surface area contributed by atoms with Gasteiger partial charge in [-0.25, -0.2) is 4.98 Å². The van der Waals surface area contributed by atoms with Crippen LogP contribution in [0.15, 0.2) is 69.9 Å². The van der Waals surface area contributed by atoms with Gasteiger partial charge in [0.25, 0.3) is 5.56 Å². The zero-order chi connectivity index (χ0) is 24.5. The number of nitrogens with zero attached hydrogens (tertiary/aromatic N) is 4. The van der Waals surface area contributed by atoms with E-state index in [9.17, 15) is 14.9 Å². The molecule has 0 spiro atoms. The lowest BCUT2D eigenvalue weighted by Crippen LogP contribution is -2.24. The van der Waals surface area contributed by atoms with E-state index in [0.717, 1.165) is 19.3 Å². The summed E-state index contributed by atoms with van der Waals surface area (Å²) in [6, 6.07) is 9.34. The van der Waals surface area contributed by atoms with Gasteiger partial charge >= 0.3 is 0 Å². The maximum absolute atomic E-state index is 13.2.